The van der Waals surface area contributed by atoms with Crippen molar-refractivity contribution in [3.63, 3.8) is 0 Å². The van der Waals surface area contributed by atoms with E-state index >= 15 is 0 Å². The molecular weight excluding hydrogens is 364 g/mol. The van der Waals surface area contributed by atoms with Gasteiger partial charge in [-0.05, 0) is 37.6 Å². The Hall–Kier alpha value is -2.86. The average Bonchev–Trinajstić information content (AvgIpc) is 2.78. The zero-order valence-electron chi connectivity index (χ0n) is 17.0. The summed E-state index contributed by atoms with van der Waals surface area (Å²) in [6.45, 7) is 7.34. The van der Waals surface area contributed by atoms with Crippen molar-refractivity contribution in [2.75, 3.05) is 44.2 Å². The average molecular weight is 395 g/mol. The van der Waals surface area contributed by atoms with E-state index in [-0.39, 0.29) is 6.04 Å². The Bertz CT molecular complexity index is 774. The van der Waals surface area contributed by atoms with Crippen LogP contribution in [0, 0.1) is 0 Å². The van der Waals surface area contributed by atoms with Gasteiger partial charge in [-0.15, -0.1) is 0 Å². The van der Waals surface area contributed by atoms with Crippen molar-refractivity contribution in [3.8, 4) is 0 Å². The third kappa shape index (κ3) is 6.32. The molecule has 0 radical (unpaired) electrons. The van der Waals surface area contributed by atoms with Crippen LogP contribution in [0.4, 0.5) is 5.69 Å². The van der Waals surface area contributed by atoms with E-state index in [1.807, 2.05) is 43.3 Å². The van der Waals surface area contributed by atoms with E-state index in [1.165, 1.54) is 5.69 Å². The molecule has 1 atom stereocenters. The summed E-state index contributed by atoms with van der Waals surface area (Å²) in [6.07, 6.45) is 0.832. The van der Waals surface area contributed by atoms with E-state index in [9.17, 15) is 9.59 Å². The Kier molecular flexibility index (Phi) is 7.64. The van der Waals surface area contributed by atoms with E-state index in [0.717, 1.165) is 44.7 Å². The number of carbonyl (C=O) groups excluding carboxylic acids is 2. The topological polar surface area (TPSA) is 64.7 Å². The third-order valence-electron chi connectivity index (χ3n) is 5.28. The molecule has 0 spiro atoms. The molecule has 2 amide bonds. The summed E-state index contributed by atoms with van der Waals surface area (Å²) in [4.78, 5) is 28.9. The first-order valence-electron chi connectivity index (χ1n) is 10.3. The highest BCUT2D eigenvalue weighted by Gasteiger charge is 2.18. The van der Waals surface area contributed by atoms with Crippen LogP contribution in [0.25, 0.3) is 0 Å². The second-order valence-corrected chi connectivity index (χ2v) is 7.38. The van der Waals surface area contributed by atoms with Gasteiger partial charge in [0.1, 0.15) is 0 Å². The molecule has 1 aliphatic rings. The first-order chi connectivity index (χ1) is 14.1. The van der Waals surface area contributed by atoms with Crippen LogP contribution in [0.1, 0.15) is 24.9 Å². The third-order valence-corrected chi connectivity index (χ3v) is 5.28. The molecule has 1 fully saturated rings. The highest BCUT2D eigenvalue weighted by Crippen LogP contribution is 2.15. The van der Waals surface area contributed by atoms with Crippen LogP contribution in [0.5, 0.6) is 0 Å². The van der Waals surface area contributed by atoms with Gasteiger partial charge in [0.2, 0.25) is 0 Å². The first kappa shape index (κ1) is 20.9. The number of hydrogen-bond acceptors (Lipinski definition) is 4. The molecule has 29 heavy (non-hydrogen) atoms. The van der Waals surface area contributed by atoms with Crippen molar-refractivity contribution < 1.29 is 9.59 Å². The lowest BCUT2D eigenvalue weighted by atomic mass is 10.1. The van der Waals surface area contributed by atoms with Gasteiger partial charge in [0.15, 0.2) is 0 Å². The number of nitrogens with one attached hydrogen (secondary N) is 2. The maximum atomic E-state index is 12.1. The summed E-state index contributed by atoms with van der Waals surface area (Å²) in [5, 5.41) is 5.47. The second kappa shape index (κ2) is 10.6. The number of anilines is 1. The van der Waals surface area contributed by atoms with Crippen molar-refractivity contribution in [2.24, 2.45) is 0 Å². The fourth-order valence-corrected chi connectivity index (χ4v) is 3.54. The normalized spacial score (nSPS) is 15.6. The number of piperazine rings is 1. The smallest absolute Gasteiger partial charge is 0.309 e. The largest absolute Gasteiger partial charge is 0.369 e. The molecule has 1 aliphatic heterocycles. The summed E-state index contributed by atoms with van der Waals surface area (Å²) < 4.78 is 0. The van der Waals surface area contributed by atoms with Crippen LogP contribution in [-0.4, -0.2) is 56.0 Å². The monoisotopic (exact) mass is 394 g/mol. The lowest BCUT2D eigenvalue weighted by molar-refractivity contribution is -0.139. The molecule has 2 aromatic rings. The fourth-order valence-electron chi connectivity index (χ4n) is 3.54. The molecule has 1 saturated heterocycles. The van der Waals surface area contributed by atoms with E-state index in [0.29, 0.717) is 6.54 Å². The molecule has 0 bridgehead atoms. The van der Waals surface area contributed by atoms with Gasteiger partial charge >= 0.3 is 11.8 Å². The van der Waals surface area contributed by atoms with Crippen LogP contribution >= 0.6 is 0 Å². The molecule has 154 valence electrons. The van der Waals surface area contributed by atoms with E-state index in [2.05, 4.69) is 44.7 Å². The van der Waals surface area contributed by atoms with Gasteiger partial charge in [0, 0.05) is 38.4 Å². The SMILES string of the molecule is C[C@@H](NC(=O)C(=O)NCCCN1CCN(c2ccccc2)CC1)c1ccccc1. The van der Waals surface area contributed by atoms with Gasteiger partial charge in [-0.1, -0.05) is 48.5 Å². The minimum absolute atomic E-state index is 0.199. The molecule has 3 rings (SSSR count). The molecule has 0 unspecified atom stereocenters. The summed E-state index contributed by atoms with van der Waals surface area (Å²) >= 11 is 0. The number of nitrogens with zero attached hydrogens (tertiary/aromatic N) is 2. The lowest BCUT2D eigenvalue weighted by Gasteiger charge is -2.36. The molecular formula is C23H30N4O2. The summed E-state index contributed by atoms with van der Waals surface area (Å²) in [5.41, 5.74) is 2.25. The predicted octanol–water partition coefficient (Wildman–Crippen LogP) is 2.19. The number of hydrogen-bond donors (Lipinski definition) is 2. The van der Waals surface area contributed by atoms with E-state index < -0.39 is 11.8 Å². The van der Waals surface area contributed by atoms with E-state index in [4.69, 9.17) is 0 Å². The Labute approximate surface area is 172 Å². The first-order valence-corrected chi connectivity index (χ1v) is 10.3. The van der Waals surface area contributed by atoms with Crippen LogP contribution in [0.15, 0.2) is 60.7 Å². The molecule has 6 nitrogen and oxygen atoms in total. The second-order valence-electron chi connectivity index (χ2n) is 7.38. The molecule has 0 saturated carbocycles. The van der Waals surface area contributed by atoms with Gasteiger partial charge in [-0.2, -0.15) is 0 Å². The summed E-state index contributed by atoms with van der Waals surface area (Å²) in [6, 6.07) is 19.9. The van der Waals surface area contributed by atoms with Crippen molar-refractivity contribution in [2.45, 2.75) is 19.4 Å². The van der Waals surface area contributed by atoms with Gasteiger partial charge in [-0.3, -0.25) is 14.5 Å². The van der Waals surface area contributed by atoms with Crippen molar-refractivity contribution in [3.05, 3.63) is 66.2 Å². The van der Waals surface area contributed by atoms with Crippen LogP contribution in [0.3, 0.4) is 0 Å². The van der Waals surface area contributed by atoms with Crippen LogP contribution in [-0.2, 0) is 9.59 Å². The van der Waals surface area contributed by atoms with Crippen LogP contribution in [0.2, 0.25) is 0 Å². The highest BCUT2D eigenvalue weighted by molar-refractivity contribution is 6.35. The minimum Gasteiger partial charge on any atom is -0.369 e. The Morgan fingerprint density at radius 2 is 1.52 bits per heavy atom. The zero-order chi connectivity index (χ0) is 20.5. The quantitative estimate of drug-likeness (QED) is 0.558. The summed E-state index contributed by atoms with van der Waals surface area (Å²) in [7, 11) is 0. The molecule has 1 heterocycles. The molecule has 0 aliphatic carbocycles. The minimum atomic E-state index is -0.585. The number of rotatable bonds is 7. The predicted molar refractivity (Wildman–Crippen MR) is 116 cm³/mol. The van der Waals surface area contributed by atoms with Gasteiger partial charge in [0.05, 0.1) is 6.04 Å². The highest BCUT2D eigenvalue weighted by atomic mass is 16.2. The molecule has 0 aromatic heterocycles. The Morgan fingerprint density at radius 3 is 2.17 bits per heavy atom. The zero-order valence-corrected chi connectivity index (χ0v) is 17.0. The number of amides is 2. The van der Waals surface area contributed by atoms with Crippen molar-refractivity contribution in [1.29, 1.82) is 0 Å². The Balaban J connectivity index is 1.30. The van der Waals surface area contributed by atoms with E-state index in [1.54, 1.807) is 0 Å². The number of para-hydroxylation sites is 1. The standard InChI is InChI=1S/C23H30N4O2/c1-19(20-9-4-2-5-10-20)25-23(29)22(28)24-13-8-14-26-15-17-27(18-16-26)21-11-6-3-7-12-21/h2-7,9-12,19H,8,13-18H2,1H3,(H,24,28)(H,25,29)/t19-/m1/s1. The summed E-state index contributed by atoms with van der Waals surface area (Å²) in [5.74, 6) is -1.15. The number of carbonyl (C=O) groups is 2. The molecule has 2 N–H and O–H groups in total. The van der Waals surface area contributed by atoms with Crippen molar-refractivity contribution >= 4 is 17.5 Å². The maximum absolute atomic E-state index is 12.1. The van der Waals surface area contributed by atoms with Crippen LogP contribution < -0.4 is 15.5 Å². The van der Waals surface area contributed by atoms with Gasteiger partial charge in [-0.25, -0.2) is 0 Å². The number of benzene rings is 2. The van der Waals surface area contributed by atoms with Gasteiger partial charge < -0.3 is 15.5 Å². The molecule has 2 aromatic carbocycles. The maximum Gasteiger partial charge on any atom is 0.309 e. The van der Waals surface area contributed by atoms with Gasteiger partial charge in [0.25, 0.3) is 0 Å². The molecule has 6 heteroatoms. The lowest BCUT2D eigenvalue weighted by Crippen LogP contribution is -2.47. The fraction of sp³-hybridized carbons (Fsp3) is 0.391. The Morgan fingerprint density at radius 1 is 0.897 bits per heavy atom. The van der Waals surface area contributed by atoms with Crippen molar-refractivity contribution in [1.82, 2.24) is 15.5 Å².